The summed E-state index contributed by atoms with van der Waals surface area (Å²) in [6.07, 6.45) is 14.7. The molecular formula is C16H32. The van der Waals surface area contributed by atoms with E-state index in [1.165, 1.54) is 57.8 Å². The molecule has 0 nitrogen and oxygen atoms in total. The van der Waals surface area contributed by atoms with Crippen LogP contribution >= 0.6 is 0 Å². The van der Waals surface area contributed by atoms with Gasteiger partial charge in [-0.1, -0.05) is 78.6 Å². The molecule has 0 aromatic carbocycles. The molecule has 0 aliphatic heterocycles. The molecule has 16 heavy (non-hydrogen) atoms. The molecule has 0 N–H and O–H groups in total. The molecule has 1 aliphatic carbocycles. The van der Waals surface area contributed by atoms with Crippen molar-refractivity contribution in [1.29, 1.82) is 0 Å². The van der Waals surface area contributed by atoms with Crippen molar-refractivity contribution in [2.24, 2.45) is 17.8 Å². The van der Waals surface area contributed by atoms with Gasteiger partial charge in [0.1, 0.15) is 0 Å². The number of hydrogen-bond acceptors (Lipinski definition) is 0. The second-order valence-electron chi connectivity index (χ2n) is 5.98. The Labute approximate surface area is 103 Å². The van der Waals surface area contributed by atoms with Crippen molar-refractivity contribution in [1.82, 2.24) is 0 Å². The lowest BCUT2D eigenvalue weighted by atomic mass is 9.96. The summed E-state index contributed by atoms with van der Waals surface area (Å²) in [5.74, 6) is 3.24. The highest BCUT2D eigenvalue weighted by Crippen LogP contribution is 2.48. The summed E-state index contributed by atoms with van der Waals surface area (Å²) in [5.41, 5.74) is 0. The Hall–Kier alpha value is 0. The zero-order valence-electron chi connectivity index (χ0n) is 11.8. The highest BCUT2D eigenvalue weighted by atomic mass is 14.4. The van der Waals surface area contributed by atoms with Crippen LogP contribution < -0.4 is 0 Å². The maximum atomic E-state index is 2.48. The molecule has 1 saturated carbocycles. The minimum absolute atomic E-state index is 1.01. The molecule has 0 saturated heterocycles. The maximum absolute atomic E-state index is 2.48. The first-order valence-electron chi connectivity index (χ1n) is 7.79. The molecule has 3 atom stereocenters. The van der Waals surface area contributed by atoms with Crippen molar-refractivity contribution >= 4 is 0 Å². The van der Waals surface area contributed by atoms with E-state index in [0.717, 1.165) is 17.8 Å². The lowest BCUT2D eigenvalue weighted by Gasteiger charge is -2.09. The molecule has 1 rings (SSSR count). The van der Waals surface area contributed by atoms with Gasteiger partial charge in [0.05, 0.1) is 0 Å². The highest BCUT2D eigenvalue weighted by Gasteiger charge is 2.39. The van der Waals surface area contributed by atoms with Crippen LogP contribution in [0.3, 0.4) is 0 Å². The molecule has 1 aliphatic rings. The van der Waals surface area contributed by atoms with Crippen LogP contribution in [0.25, 0.3) is 0 Å². The summed E-state index contributed by atoms with van der Waals surface area (Å²) in [6, 6.07) is 0. The first-order chi connectivity index (χ1) is 7.79. The van der Waals surface area contributed by atoms with Crippen LogP contribution in [0.5, 0.6) is 0 Å². The number of hydrogen-bond donors (Lipinski definition) is 0. The molecule has 0 spiro atoms. The Kier molecular flexibility index (Phi) is 7.16. The van der Waals surface area contributed by atoms with Gasteiger partial charge in [-0.2, -0.15) is 0 Å². The zero-order chi connectivity index (χ0) is 11.8. The Morgan fingerprint density at radius 1 is 0.938 bits per heavy atom. The van der Waals surface area contributed by atoms with Crippen molar-refractivity contribution in [3.05, 3.63) is 0 Å². The standard InChI is InChI=1S/C16H32/c1-4-6-8-9-10-12-15-13-16(15)14(3)11-7-5-2/h14-16H,4-13H2,1-3H3. The van der Waals surface area contributed by atoms with Gasteiger partial charge in [-0.25, -0.2) is 0 Å². The highest BCUT2D eigenvalue weighted by molar-refractivity contribution is 4.89. The van der Waals surface area contributed by atoms with Gasteiger partial charge in [0, 0.05) is 0 Å². The van der Waals surface area contributed by atoms with Crippen molar-refractivity contribution in [3.63, 3.8) is 0 Å². The number of unbranched alkanes of at least 4 members (excludes halogenated alkanes) is 5. The van der Waals surface area contributed by atoms with Gasteiger partial charge < -0.3 is 0 Å². The minimum Gasteiger partial charge on any atom is -0.0654 e. The topological polar surface area (TPSA) is 0 Å². The van der Waals surface area contributed by atoms with Crippen molar-refractivity contribution < 1.29 is 0 Å². The zero-order valence-corrected chi connectivity index (χ0v) is 11.8. The Morgan fingerprint density at radius 3 is 2.31 bits per heavy atom. The first kappa shape index (κ1) is 14.1. The molecule has 1 fully saturated rings. The van der Waals surface area contributed by atoms with Gasteiger partial charge in [0.2, 0.25) is 0 Å². The van der Waals surface area contributed by atoms with Gasteiger partial charge in [-0.15, -0.1) is 0 Å². The third kappa shape index (κ3) is 5.37. The van der Waals surface area contributed by atoms with E-state index < -0.39 is 0 Å². The van der Waals surface area contributed by atoms with Gasteiger partial charge >= 0.3 is 0 Å². The Balaban J connectivity index is 1.93. The average Bonchev–Trinajstić information content (AvgIpc) is 3.05. The van der Waals surface area contributed by atoms with Crippen LogP contribution in [-0.4, -0.2) is 0 Å². The predicted octanol–water partition coefficient (Wildman–Crippen LogP) is 5.81. The summed E-state index contributed by atoms with van der Waals surface area (Å²) in [7, 11) is 0. The molecule has 3 unspecified atom stereocenters. The SMILES string of the molecule is CCCCCCCC1CC1C(C)CCCC. The third-order valence-electron chi connectivity index (χ3n) is 4.40. The Morgan fingerprint density at radius 2 is 1.62 bits per heavy atom. The summed E-state index contributed by atoms with van der Waals surface area (Å²) in [6.45, 7) is 7.09. The maximum Gasteiger partial charge on any atom is -0.0357 e. The lowest BCUT2D eigenvalue weighted by molar-refractivity contribution is 0.414. The fraction of sp³-hybridized carbons (Fsp3) is 1.00. The molecule has 96 valence electrons. The van der Waals surface area contributed by atoms with E-state index in [1.54, 1.807) is 6.42 Å². The fourth-order valence-electron chi connectivity index (χ4n) is 3.05. The minimum atomic E-state index is 1.01. The summed E-state index contributed by atoms with van der Waals surface area (Å²) < 4.78 is 0. The van der Waals surface area contributed by atoms with Crippen LogP contribution in [0, 0.1) is 17.8 Å². The lowest BCUT2D eigenvalue weighted by Crippen LogP contribution is -1.99. The van der Waals surface area contributed by atoms with Gasteiger partial charge in [0.25, 0.3) is 0 Å². The molecular weight excluding hydrogens is 192 g/mol. The predicted molar refractivity (Wildman–Crippen MR) is 73.7 cm³/mol. The summed E-state index contributed by atoms with van der Waals surface area (Å²) >= 11 is 0. The van der Waals surface area contributed by atoms with Gasteiger partial charge in [-0.05, 0) is 24.2 Å². The fourth-order valence-corrected chi connectivity index (χ4v) is 3.05. The van der Waals surface area contributed by atoms with E-state index in [0.29, 0.717) is 0 Å². The van der Waals surface area contributed by atoms with Crippen molar-refractivity contribution in [2.45, 2.75) is 85.0 Å². The van der Waals surface area contributed by atoms with Crippen LogP contribution in [0.1, 0.15) is 85.0 Å². The largest absolute Gasteiger partial charge is 0.0654 e. The molecule has 0 heteroatoms. The van der Waals surface area contributed by atoms with Crippen molar-refractivity contribution in [3.8, 4) is 0 Å². The quantitative estimate of drug-likeness (QED) is 0.411. The second kappa shape index (κ2) is 8.14. The van der Waals surface area contributed by atoms with Crippen LogP contribution in [0.2, 0.25) is 0 Å². The van der Waals surface area contributed by atoms with E-state index in [4.69, 9.17) is 0 Å². The smallest absolute Gasteiger partial charge is 0.0357 e. The van der Waals surface area contributed by atoms with Gasteiger partial charge in [0.15, 0.2) is 0 Å². The summed E-state index contributed by atoms with van der Waals surface area (Å²) in [4.78, 5) is 0. The van der Waals surface area contributed by atoms with Gasteiger partial charge in [-0.3, -0.25) is 0 Å². The molecule has 0 bridgehead atoms. The van der Waals surface area contributed by atoms with E-state index in [1.807, 2.05) is 0 Å². The summed E-state index contributed by atoms with van der Waals surface area (Å²) in [5, 5.41) is 0. The van der Waals surface area contributed by atoms with Crippen LogP contribution in [0.4, 0.5) is 0 Å². The van der Waals surface area contributed by atoms with E-state index in [9.17, 15) is 0 Å². The molecule has 0 aromatic rings. The monoisotopic (exact) mass is 224 g/mol. The number of rotatable bonds is 10. The first-order valence-corrected chi connectivity index (χ1v) is 7.79. The van der Waals surface area contributed by atoms with Crippen LogP contribution in [0.15, 0.2) is 0 Å². The molecule has 0 amide bonds. The van der Waals surface area contributed by atoms with E-state index >= 15 is 0 Å². The van der Waals surface area contributed by atoms with E-state index in [2.05, 4.69) is 20.8 Å². The molecule has 0 aromatic heterocycles. The van der Waals surface area contributed by atoms with Crippen molar-refractivity contribution in [2.75, 3.05) is 0 Å². The normalized spacial score (nSPS) is 25.7. The molecule has 0 radical (unpaired) electrons. The van der Waals surface area contributed by atoms with Crippen LogP contribution in [-0.2, 0) is 0 Å². The Bertz CT molecular complexity index is 161. The third-order valence-corrected chi connectivity index (χ3v) is 4.40. The second-order valence-corrected chi connectivity index (χ2v) is 5.98. The van der Waals surface area contributed by atoms with E-state index in [-0.39, 0.29) is 0 Å². The molecule has 0 heterocycles. The average molecular weight is 224 g/mol.